The molecule has 2 rings (SSSR count). The van der Waals surface area contributed by atoms with Crippen LogP contribution in [0.15, 0.2) is 22.3 Å². The molecule has 0 aliphatic carbocycles. The average Bonchev–Trinajstić information content (AvgIpc) is 2.42. The molecule has 0 unspecified atom stereocenters. The van der Waals surface area contributed by atoms with Crippen LogP contribution in [-0.2, 0) is 9.53 Å². The summed E-state index contributed by atoms with van der Waals surface area (Å²) in [5, 5.41) is 0. The second kappa shape index (κ2) is 7.07. The Morgan fingerprint density at radius 3 is 2.95 bits per heavy atom. The van der Waals surface area contributed by atoms with Gasteiger partial charge in [-0.25, -0.2) is 9.78 Å². The van der Waals surface area contributed by atoms with Gasteiger partial charge < -0.3 is 9.64 Å². The highest BCUT2D eigenvalue weighted by Gasteiger charge is 2.19. The van der Waals surface area contributed by atoms with Crippen LogP contribution in [0.25, 0.3) is 6.08 Å². The van der Waals surface area contributed by atoms with E-state index in [-0.39, 0.29) is 5.97 Å². The van der Waals surface area contributed by atoms with Crippen molar-refractivity contribution in [2.24, 2.45) is 5.92 Å². The van der Waals surface area contributed by atoms with Crippen molar-refractivity contribution in [2.45, 2.75) is 26.7 Å². The normalized spacial score (nSPS) is 17.6. The Kier molecular flexibility index (Phi) is 5.39. The van der Waals surface area contributed by atoms with E-state index in [0.717, 1.165) is 41.8 Å². The fourth-order valence-electron chi connectivity index (χ4n) is 2.55. The van der Waals surface area contributed by atoms with E-state index < -0.39 is 0 Å². The van der Waals surface area contributed by atoms with Gasteiger partial charge in [-0.3, -0.25) is 0 Å². The molecule has 1 aromatic rings. The first-order chi connectivity index (χ1) is 10.0. The third-order valence-corrected chi connectivity index (χ3v) is 3.83. The standard InChI is InChI=1S/C16H21BrN2O2/c1-11(2)10-19-6-4-5-12(16(20)21-3)7-13-8-14(17)9-18-15(13)19/h7-9,11H,4-6,10H2,1-3H3/b12-7+. The maximum atomic E-state index is 11.8. The molecule has 5 heteroatoms. The maximum Gasteiger partial charge on any atom is 0.333 e. The maximum absolute atomic E-state index is 11.8. The van der Waals surface area contributed by atoms with Gasteiger partial charge in [0.1, 0.15) is 5.82 Å². The topological polar surface area (TPSA) is 42.4 Å². The van der Waals surface area contributed by atoms with Crippen LogP contribution in [0.3, 0.4) is 0 Å². The number of pyridine rings is 1. The van der Waals surface area contributed by atoms with Crippen LogP contribution in [0.4, 0.5) is 5.82 Å². The fourth-order valence-corrected chi connectivity index (χ4v) is 2.90. The Bertz CT molecular complexity index is 555. The lowest BCUT2D eigenvalue weighted by Crippen LogP contribution is -2.31. The minimum atomic E-state index is -0.252. The zero-order valence-electron chi connectivity index (χ0n) is 12.7. The summed E-state index contributed by atoms with van der Waals surface area (Å²) in [5.41, 5.74) is 1.67. The van der Waals surface area contributed by atoms with Crippen LogP contribution in [0.2, 0.25) is 0 Å². The van der Waals surface area contributed by atoms with Crippen molar-refractivity contribution < 1.29 is 9.53 Å². The molecule has 1 aliphatic rings. The van der Waals surface area contributed by atoms with Crippen molar-refractivity contribution in [3.63, 3.8) is 0 Å². The van der Waals surface area contributed by atoms with Crippen LogP contribution in [0.5, 0.6) is 0 Å². The van der Waals surface area contributed by atoms with Gasteiger partial charge in [-0.15, -0.1) is 0 Å². The van der Waals surface area contributed by atoms with Crippen molar-refractivity contribution in [3.05, 3.63) is 27.9 Å². The Balaban J connectivity index is 2.45. The molecule has 21 heavy (non-hydrogen) atoms. The van der Waals surface area contributed by atoms with E-state index in [4.69, 9.17) is 4.74 Å². The molecule has 114 valence electrons. The van der Waals surface area contributed by atoms with Crippen LogP contribution in [0.1, 0.15) is 32.3 Å². The Labute approximate surface area is 134 Å². The molecule has 0 fully saturated rings. The lowest BCUT2D eigenvalue weighted by atomic mass is 10.0. The number of ether oxygens (including phenoxy) is 1. The summed E-state index contributed by atoms with van der Waals surface area (Å²) < 4.78 is 5.78. The first-order valence-corrected chi connectivity index (χ1v) is 8.00. The second-order valence-electron chi connectivity index (χ2n) is 5.67. The number of carbonyl (C=O) groups excluding carboxylic acids is 1. The highest BCUT2D eigenvalue weighted by atomic mass is 79.9. The zero-order valence-corrected chi connectivity index (χ0v) is 14.3. The van der Waals surface area contributed by atoms with E-state index in [1.54, 1.807) is 6.20 Å². The minimum absolute atomic E-state index is 0.252. The van der Waals surface area contributed by atoms with Crippen LogP contribution in [-0.4, -0.2) is 31.2 Å². The van der Waals surface area contributed by atoms with Crippen molar-refractivity contribution >= 4 is 33.8 Å². The summed E-state index contributed by atoms with van der Waals surface area (Å²) in [5.74, 6) is 1.25. The summed E-state index contributed by atoms with van der Waals surface area (Å²) in [6.45, 7) is 6.26. The average molecular weight is 353 g/mol. The van der Waals surface area contributed by atoms with E-state index >= 15 is 0 Å². The lowest BCUT2D eigenvalue weighted by molar-refractivity contribution is -0.136. The third kappa shape index (κ3) is 4.06. The van der Waals surface area contributed by atoms with E-state index in [0.29, 0.717) is 11.5 Å². The number of esters is 1. The number of anilines is 1. The van der Waals surface area contributed by atoms with E-state index in [2.05, 4.69) is 39.7 Å². The first kappa shape index (κ1) is 16.0. The minimum Gasteiger partial charge on any atom is -0.466 e. The molecular formula is C16H21BrN2O2. The molecule has 0 saturated heterocycles. The van der Waals surface area contributed by atoms with Crippen LogP contribution >= 0.6 is 15.9 Å². The number of nitrogens with zero attached hydrogens (tertiary/aromatic N) is 2. The smallest absolute Gasteiger partial charge is 0.333 e. The molecule has 4 nitrogen and oxygen atoms in total. The van der Waals surface area contributed by atoms with Gasteiger partial charge in [0.25, 0.3) is 0 Å². The number of halogens is 1. The van der Waals surface area contributed by atoms with Gasteiger partial charge in [0, 0.05) is 34.9 Å². The number of aromatic nitrogens is 1. The second-order valence-corrected chi connectivity index (χ2v) is 6.59. The number of rotatable bonds is 3. The van der Waals surface area contributed by atoms with Crippen LogP contribution in [0, 0.1) is 5.92 Å². The molecule has 0 amide bonds. The van der Waals surface area contributed by atoms with Crippen molar-refractivity contribution in [2.75, 3.05) is 25.1 Å². The monoisotopic (exact) mass is 352 g/mol. The SMILES string of the molecule is COC(=O)/C1=C/c2cc(Br)cnc2N(CC(C)C)CCC1. The third-order valence-electron chi connectivity index (χ3n) is 3.40. The largest absolute Gasteiger partial charge is 0.466 e. The number of hydrogen-bond donors (Lipinski definition) is 0. The van der Waals surface area contributed by atoms with Gasteiger partial charge in [0.2, 0.25) is 0 Å². The Hall–Kier alpha value is -1.36. The number of carbonyl (C=O) groups is 1. The predicted octanol–water partition coefficient (Wildman–Crippen LogP) is 3.66. The van der Waals surface area contributed by atoms with Crippen molar-refractivity contribution in [3.8, 4) is 0 Å². The number of hydrogen-bond acceptors (Lipinski definition) is 4. The van der Waals surface area contributed by atoms with Gasteiger partial charge in [0.05, 0.1) is 7.11 Å². The van der Waals surface area contributed by atoms with Crippen LogP contribution < -0.4 is 4.90 Å². The van der Waals surface area contributed by atoms with Crippen molar-refractivity contribution in [1.29, 1.82) is 0 Å². The van der Waals surface area contributed by atoms with E-state index in [1.807, 2.05) is 12.1 Å². The molecule has 1 aliphatic heterocycles. The van der Waals surface area contributed by atoms with E-state index in [1.165, 1.54) is 7.11 Å². The summed E-state index contributed by atoms with van der Waals surface area (Å²) in [6.07, 6.45) is 5.36. The highest BCUT2D eigenvalue weighted by molar-refractivity contribution is 9.10. The van der Waals surface area contributed by atoms with Gasteiger partial charge >= 0.3 is 5.97 Å². The molecule has 0 N–H and O–H groups in total. The molecule has 1 aromatic heterocycles. The Morgan fingerprint density at radius 1 is 1.52 bits per heavy atom. The fraction of sp³-hybridized carbons (Fsp3) is 0.500. The van der Waals surface area contributed by atoms with Gasteiger partial charge in [-0.05, 0) is 46.8 Å². The van der Waals surface area contributed by atoms with Crippen molar-refractivity contribution in [1.82, 2.24) is 4.98 Å². The lowest BCUT2D eigenvalue weighted by Gasteiger charge is -2.28. The summed E-state index contributed by atoms with van der Waals surface area (Å²) in [7, 11) is 1.42. The molecule has 0 bridgehead atoms. The molecule has 0 spiro atoms. The molecule has 0 saturated carbocycles. The quantitative estimate of drug-likeness (QED) is 0.778. The molecule has 0 radical (unpaired) electrons. The van der Waals surface area contributed by atoms with Gasteiger partial charge in [-0.1, -0.05) is 13.8 Å². The molecule has 0 aromatic carbocycles. The summed E-state index contributed by atoms with van der Waals surface area (Å²) >= 11 is 3.45. The molecule has 0 atom stereocenters. The predicted molar refractivity (Wildman–Crippen MR) is 88.2 cm³/mol. The Morgan fingerprint density at radius 2 is 2.29 bits per heavy atom. The van der Waals surface area contributed by atoms with Gasteiger partial charge in [-0.2, -0.15) is 0 Å². The number of fused-ring (bicyclic) bond motifs is 1. The van der Waals surface area contributed by atoms with Gasteiger partial charge in [0.15, 0.2) is 0 Å². The molecular weight excluding hydrogens is 332 g/mol. The number of methoxy groups -OCH3 is 1. The summed E-state index contributed by atoms with van der Waals surface area (Å²) in [6, 6.07) is 2.00. The first-order valence-electron chi connectivity index (χ1n) is 7.20. The summed E-state index contributed by atoms with van der Waals surface area (Å²) in [4.78, 5) is 18.7. The highest BCUT2D eigenvalue weighted by Crippen LogP contribution is 2.28. The molecule has 2 heterocycles. The van der Waals surface area contributed by atoms with E-state index in [9.17, 15) is 4.79 Å². The zero-order chi connectivity index (χ0) is 15.4.